The number of rotatable bonds is 5. The van der Waals surface area contributed by atoms with Crippen LogP contribution in [0, 0.1) is 0 Å². The number of ketones is 1. The van der Waals surface area contributed by atoms with Crippen LogP contribution in [0.4, 0.5) is 0 Å². The zero-order chi connectivity index (χ0) is 8.69. The summed E-state index contributed by atoms with van der Waals surface area (Å²) < 4.78 is 0. The van der Waals surface area contributed by atoms with Crippen molar-refractivity contribution >= 4 is 5.78 Å². The highest BCUT2D eigenvalue weighted by Crippen LogP contribution is 2.03. The smallest absolute Gasteiger partial charge is 0.155 e. The number of carbonyl (C=O) groups excluding carboxylic acids is 1. The minimum atomic E-state index is 0.196. The van der Waals surface area contributed by atoms with Gasteiger partial charge in [0.05, 0.1) is 0 Å². The van der Waals surface area contributed by atoms with Crippen molar-refractivity contribution in [3.63, 3.8) is 0 Å². The van der Waals surface area contributed by atoms with E-state index < -0.39 is 0 Å². The molecule has 0 aromatic rings. The van der Waals surface area contributed by atoms with Gasteiger partial charge >= 0.3 is 0 Å². The number of hydrogen-bond acceptors (Lipinski definition) is 1. The fourth-order valence-electron chi connectivity index (χ4n) is 0.857. The Morgan fingerprint density at radius 1 is 1.27 bits per heavy atom. The summed E-state index contributed by atoms with van der Waals surface area (Å²) >= 11 is 0. The fraction of sp³-hybridized carbons (Fsp3) is 0.700. The molecule has 0 aromatic heterocycles. The van der Waals surface area contributed by atoms with Crippen LogP contribution >= 0.6 is 0 Å². The SMILES string of the molecule is CCCCC/C=C(/C)C(C)=O. The minimum Gasteiger partial charge on any atom is -0.295 e. The van der Waals surface area contributed by atoms with Crippen LogP contribution in [0.2, 0.25) is 0 Å². The molecule has 0 amide bonds. The molecular weight excluding hydrogens is 136 g/mol. The Bertz CT molecular complexity index is 145. The summed E-state index contributed by atoms with van der Waals surface area (Å²) in [6.45, 7) is 5.68. The van der Waals surface area contributed by atoms with Crippen molar-refractivity contribution in [2.45, 2.75) is 46.5 Å². The molecule has 0 N–H and O–H groups in total. The Balaban J connectivity index is 3.48. The predicted molar refractivity (Wildman–Crippen MR) is 48.6 cm³/mol. The third kappa shape index (κ3) is 5.84. The molecule has 0 aliphatic heterocycles. The maximum atomic E-state index is 10.7. The number of Topliss-reactive ketones (excluding diaryl/α,β-unsaturated/α-hetero) is 1. The lowest BCUT2D eigenvalue weighted by Gasteiger charge is -1.94. The standard InChI is InChI=1S/C10H18O/c1-4-5-6-7-8-9(2)10(3)11/h8H,4-7H2,1-3H3/b9-8-. The van der Waals surface area contributed by atoms with Gasteiger partial charge in [0.25, 0.3) is 0 Å². The number of allylic oxidation sites excluding steroid dienone is 2. The lowest BCUT2D eigenvalue weighted by atomic mass is 10.1. The fourth-order valence-corrected chi connectivity index (χ4v) is 0.857. The highest BCUT2D eigenvalue weighted by molar-refractivity contribution is 5.92. The molecule has 0 spiro atoms. The molecule has 0 saturated carbocycles. The molecule has 0 radical (unpaired) electrons. The van der Waals surface area contributed by atoms with Crippen LogP contribution in [0.25, 0.3) is 0 Å². The summed E-state index contributed by atoms with van der Waals surface area (Å²) in [4.78, 5) is 10.7. The average molecular weight is 154 g/mol. The summed E-state index contributed by atoms with van der Waals surface area (Å²) in [5.41, 5.74) is 0.904. The van der Waals surface area contributed by atoms with Crippen LogP contribution in [0.15, 0.2) is 11.6 Å². The van der Waals surface area contributed by atoms with E-state index in [-0.39, 0.29) is 5.78 Å². The predicted octanol–water partition coefficient (Wildman–Crippen LogP) is 3.10. The van der Waals surface area contributed by atoms with E-state index >= 15 is 0 Å². The van der Waals surface area contributed by atoms with Gasteiger partial charge in [-0.05, 0) is 32.3 Å². The molecule has 1 heteroatoms. The molecule has 11 heavy (non-hydrogen) atoms. The molecular formula is C10H18O. The van der Waals surface area contributed by atoms with Crippen LogP contribution < -0.4 is 0 Å². The Morgan fingerprint density at radius 3 is 2.36 bits per heavy atom. The number of hydrogen-bond donors (Lipinski definition) is 0. The van der Waals surface area contributed by atoms with Gasteiger partial charge in [-0.25, -0.2) is 0 Å². The van der Waals surface area contributed by atoms with Crippen molar-refractivity contribution in [2.75, 3.05) is 0 Å². The average Bonchev–Trinajstić information content (AvgIpc) is 1.97. The van der Waals surface area contributed by atoms with Crippen molar-refractivity contribution in [2.24, 2.45) is 0 Å². The number of carbonyl (C=O) groups is 1. The van der Waals surface area contributed by atoms with Crippen LogP contribution in [0.1, 0.15) is 46.5 Å². The summed E-state index contributed by atoms with van der Waals surface area (Å²) in [6, 6.07) is 0. The van der Waals surface area contributed by atoms with Gasteiger partial charge in [-0.3, -0.25) is 4.79 Å². The Morgan fingerprint density at radius 2 is 1.91 bits per heavy atom. The first-order valence-corrected chi connectivity index (χ1v) is 4.36. The molecule has 0 heterocycles. The first-order chi connectivity index (χ1) is 5.18. The number of unbranched alkanes of at least 4 members (excludes halogenated alkanes) is 3. The van der Waals surface area contributed by atoms with Crippen molar-refractivity contribution in [1.29, 1.82) is 0 Å². The van der Waals surface area contributed by atoms with Crippen molar-refractivity contribution in [3.05, 3.63) is 11.6 Å². The molecule has 0 aliphatic rings. The van der Waals surface area contributed by atoms with E-state index in [1.807, 2.05) is 13.0 Å². The summed E-state index contributed by atoms with van der Waals surface area (Å²) in [7, 11) is 0. The minimum absolute atomic E-state index is 0.196. The normalized spacial score (nSPS) is 11.7. The molecule has 0 bridgehead atoms. The van der Waals surface area contributed by atoms with Crippen LogP contribution in [0.3, 0.4) is 0 Å². The van der Waals surface area contributed by atoms with Gasteiger partial charge in [-0.15, -0.1) is 0 Å². The third-order valence-electron chi connectivity index (χ3n) is 1.81. The molecule has 0 rings (SSSR count). The lowest BCUT2D eigenvalue weighted by Crippen LogP contribution is -1.90. The first-order valence-electron chi connectivity index (χ1n) is 4.36. The van der Waals surface area contributed by atoms with Crippen molar-refractivity contribution < 1.29 is 4.79 Å². The van der Waals surface area contributed by atoms with E-state index in [4.69, 9.17) is 0 Å². The molecule has 0 aliphatic carbocycles. The van der Waals surface area contributed by atoms with Gasteiger partial charge in [0.2, 0.25) is 0 Å². The molecule has 1 nitrogen and oxygen atoms in total. The zero-order valence-electron chi connectivity index (χ0n) is 7.81. The molecule has 0 fully saturated rings. The molecule has 64 valence electrons. The Labute approximate surface area is 69.5 Å². The Hall–Kier alpha value is -0.590. The topological polar surface area (TPSA) is 17.1 Å². The van der Waals surface area contributed by atoms with Crippen LogP contribution in [-0.4, -0.2) is 5.78 Å². The van der Waals surface area contributed by atoms with Gasteiger partial charge in [0.1, 0.15) is 0 Å². The molecule has 0 aromatic carbocycles. The maximum absolute atomic E-state index is 10.7. The third-order valence-corrected chi connectivity index (χ3v) is 1.81. The highest BCUT2D eigenvalue weighted by atomic mass is 16.1. The quantitative estimate of drug-likeness (QED) is 0.439. The molecule has 0 saturated heterocycles. The second-order valence-corrected chi connectivity index (χ2v) is 2.94. The van der Waals surface area contributed by atoms with E-state index in [9.17, 15) is 4.79 Å². The van der Waals surface area contributed by atoms with Crippen molar-refractivity contribution in [1.82, 2.24) is 0 Å². The second-order valence-electron chi connectivity index (χ2n) is 2.94. The van der Waals surface area contributed by atoms with Crippen LogP contribution in [-0.2, 0) is 4.79 Å². The summed E-state index contributed by atoms with van der Waals surface area (Å²) in [6.07, 6.45) is 6.81. The van der Waals surface area contributed by atoms with Crippen molar-refractivity contribution in [3.8, 4) is 0 Å². The second kappa shape index (κ2) is 6.14. The zero-order valence-corrected chi connectivity index (χ0v) is 7.81. The molecule has 0 unspecified atom stereocenters. The maximum Gasteiger partial charge on any atom is 0.155 e. The summed E-state index contributed by atoms with van der Waals surface area (Å²) in [5.74, 6) is 0.196. The van der Waals surface area contributed by atoms with Gasteiger partial charge < -0.3 is 0 Å². The monoisotopic (exact) mass is 154 g/mol. The van der Waals surface area contributed by atoms with Gasteiger partial charge in [-0.2, -0.15) is 0 Å². The van der Waals surface area contributed by atoms with E-state index in [0.29, 0.717) is 0 Å². The van der Waals surface area contributed by atoms with Gasteiger partial charge in [0.15, 0.2) is 5.78 Å². The van der Waals surface area contributed by atoms with E-state index in [2.05, 4.69) is 6.92 Å². The van der Waals surface area contributed by atoms with E-state index in [1.165, 1.54) is 19.3 Å². The largest absolute Gasteiger partial charge is 0.295 e. The van der Waals surface area contributed by atoms with Gasteiger partial charge in [-0.1, -0.05) is 25.8 Å². The summed E-state index contributed by atoms with van der Waals surface area (Å²) in [5, 5.41) is 0. The highest BCUT2D eigenvalue weighted by Gasteiger charge is 1.93. The van der Waals surface area contributed by atoms with E-state index in [0.717, 1.165) is 12.0 Å². The first kappa shape index (κ1) is 10.4. The molecule has 0 atom stereocenters. The van der Waals surface area contributed by atoms with E-state index in [1.54, 1.807) is 6.92 Å². The van der Waals surface area contributed by atoms with Gasteiger partial charge in [0, 0.05) is 0 Å². The Kier molecular flexibility index (Phi) is 5.81. The van der Waals surface area contributed by atoms with Crippen LogP contribution in [0.5, 0.6) is 0 Å². The lowest BCUT2D eigenvalue weighted by molar-refractivity contribution is -0.113.